The summed E-state index contributed by atoms with van der Waals surface area (Å²) in [5.41, 5.74) is 2.63. The van der Waals surface area contributed by atoms with Crippen LogP contribution in [0.15, 0.2) is 34.4 Å². The maximum absolute atomic E-state index is 12.0. The number of imidazole rings is 1. The van der Waals surface area contributed by atoms with Crippen LogP contribution in [0.4, 0.5) is 0 Å². The van der Waals surface area contributed by atoms with Gasteiger partial charge in [-0.1, -0.05) is 23.5 Å². The molecule has 0 aliphatic rings. The van der Waals surface area contributed by atoms with Crippen LogP contribution in [0.25, 0.3) is 16.9 Å². The third-order valence-electron chi connectivity index (χ3n) is 2.74. The minimum absolute atomic E-state index is 0.0492. The predicted octanol–water partition coefficient (Wildman–Crippen LogP) is 2.46. The lowest BCUT2D eigenvalue weighted by molar-refractivity contribution is 0.944. The first kappa shape index (κ1) is 11.1. The van der Waals surface area contributed by atoms with Crippen molar-refractivity contribution in [2.75, 3.05) is 0 Å². The molecule has 0 spiro atoms. The number of fused-ring (bicyclic) bond motifs is 1. The molecule has 3 rings (SSSR count). The van der Waals surface area contributed by atoms with E-state index in [0.717, 1.165) is 22.6 Å². The third-order valence-corrected chi connectivity index (χ3v) is 3.60. The Bertz CT molecular complexity index is 788. The smallest absolute Gasteiger partial charge is 0.275 e. The predicted molar refractivity (Wildman–Crippen MR) is 72.5 cm³/mol. The second-order valence-electron chi connectivity index (χ2n) is 4.08. The second kappa shape index (κ2) is 4.03. The first-order chi connectivity index (χ1) is 8.66. The highest BCUT2D eigenvalue weighted by atomic mass is 32.1. The van der Waals surface area contributed by atoms with Crippen LogP contribution in [-0.4, -0.2) is 14.5 Å². The van der Waals surface area contributed by atoms with Crippen LogP contribution in [0.1, 0.15) is 11.5 Å². The number of aryl methyl sites for hydroxylation is 2. The van der Waals surface area contributed by atoms with Crippen molar-refractivity contribution >= 4 is 22.4 Å². The highest BCUT2D eigenvalue weighted by Crippen LogP contribution is 2.18. The Hall–Kier alpha value is -2.01. The van der Waals surface area contributed by atoms with Crippen molar-refractivity contribution in [2.45, 2.75) is 13.8 Å². The van der Waals surface area contributed by atoms with Gasteiger partial charge in [0.15, 0.2) is 5.82 Å². The number of hydrogen-bond donors (Lipinski definition) is 0. The number of para-hydroxylation sites is 2. The average Bonchev–Trinajstić information content (AvgIpc) is 2.68. The Balaban J connectivity index is 2.41. The summed E-state index contributed by atoms with van der Waals surface area (Å²) in [6.45, 7) is 3.77. The van der Waals surface area contributed by atoms with Crippen molar-refractivity contribution in [2.24, 2.45) is 0 Å². The largest absolute Gasteiger partial charge is 0.277 e. The molecule has 90 valence electrons. The van der Waals surface area contributed by atoms with Crippen LogP contribution in [-0.2, 0) is 0 Å². The Morgan fingerprint density at radius 3 is 2.78 bits per heavy atom. The SMILES string of the molecule is Cc1csc(=O)c(-n2c(C)nc3ccccc32)n1. The van der Waals surface area contributed by atoms with Gasteiger partial charge in [0, 0.05) is 11.1 Å². The topological polar surface area (TPSA) is 47.8 Å². The summed E-state index contributed by atoms with van der Waals surface area (Å²) in [6, 6.07) is 7.75. The summed E-state index contributed by atoms with van der Waals surface area (Å²) in [4.78, 5) is 20.8. The lowest BCUT2D eigenvalue weighted by Crippen LogP contribution is -2.12. The zero-order valence-corrected chi connectivity index (χ0v) is 10.9. The first-order valence-electron chi connectivity index (χ1n) is 5.58. The van der Waals surface area contributed by atoms with Crippen molar-refractivity contribution in [1.82, 2.24) is 14.5 Å². The average molecular weight is 257 g/mol. The summed E-state index contributed by atoms with van der Waals surface area (Å²) in [6.07, 6.45) is 0. The Morgan fingerprint density at radius 1 is 1.17 bits per heavy atom. The fraction of sp³-hybridized carbons (Fsp3) is 0.154. The van der Waals surface area contributed by atoms with Gasteiger partial charge in [0.1, 0.15) is 5.82 Å². The fourth-order valence-electron chi connectivity index (χ4n) is 1.99. The van der Waals surface area contributed by atoms with Crippen LogP contribution in [0.3, 0.4) is 0 Å². The molecule has 0 aliphatic heterocycles. The van der Waals surface area contributed by atoms with Crippen molar-refractivity contribution in [3.05, 3.63) is 50.7 Å². The van der Waals surface area contributed by atoms with E-state index >= 15 is 0 Å². The molecule has 18 heavy (non-hydrogen) atoms. The summed E-state index contributed by atoms with van der Waals surface area (Å²) in [7, 11) is 0. The summed E-state index contributed by atoms with van der Waals surface area (Å²) in [5.74, 6) is 1.21. The molecule has 0 radical (unpaired) electrons. The van der Waals surface area contributed by atoms with Crippen molar-refractivity contribution in [3.63, 3.8) is 0 Å². The lowest BCUT2D eigenvalue weighted by atomic mass is 10.3. The minimum Gasteiger partial charge on any atom is -0.277 e. The van der Waals surface area contributed by atoms with E-state index in [1.54, 1.807) is 5.38 Å². The molecule has 0 N–H and O–H groups in total. The van der Waals surface area contributed by atoms with Gasteiger partial charge in [0.2, 0.25) is 0 Å². The van der Waals surface area contributed by atoms with Crippen LogP contribution in [0.2, 0.25) is 0 Å². The van der Waals surface area contributed by atoms with E-state index in [-0.39, 0.29) is 4.74 Å². The number of hydrogen-bond acceptors (Lipinski definition) is 4. The van der Waals surface area contributed by atoms with Gasteiger partial charge in [-0.05, 0) is 26.0 Å². The van der Waals surface area contributed by atoms with Crippen molar-refractivity contribution in [1.29, 1.82) is 0 Å². The quantitative estimate of drug-likeness (QED) is 0.672. The van der Waals surface area contributed by atoms with Crippen LogP contribution in [0.5, 0.6) is 0 Å². The molecule has 0 fully saturated rings. The normalized spacial score (nSPS) is 11.0. The van der Waals surface area contributed by atoms with E-state index in [1.807, 2.05) is 42.7 Å². The van der Waals surface area contributed by atoms with E-state index in [4.69, 9.17) is 0 Å². The third kappa shape index (κ3) is 1.64. The second-order valence-corrected chi connectivity index (χ2v) is 4.93. The Kier molecular flexibility index (Phi) is 2.48. The molecule has 0 saturated heterocycles. The molecule has 3 aromatic rings. The molecule has 0 amide bonds. The van der Waals surface area contributed by atoms with Gasteiger partial charge in [0.25, 0.3) is 4.74 Å². The zero-order valence-electron chi connectivity index (χ0n) is 10.0. The Labute approximate surface area is 108 Å². The molecule has 1 aromatic carbocycles. The molecule has 0 bridgehead atoms. The number of rotatable bonds is 1. The number of aromatic nitrogens is 3. The number of nitrogens with zero attached hydrogens (tertiary/aromatic N) is 3. The van der Waals surface area contributed by atoms with Gasteiger partial charge in [-0.15, -0.1) is 0 Å². The number of benzene rings is 1. The maximum Gasteiger partial charge on any atom is 0.275 e. The van der Waals surface area contributed by atoms with E-state index in [2.05, 4.69) is 9.97 Å². The van der Waals surface area contributed by atoms with Gasteiger partial charge in [-0.25, -0.2) is 9.97 Å². The molecular formula is C13H11N3OS. The summed E-state index contributed by atoms with van der Waals surface area (Å²) >= 11 is 1.17. The maximum atomic E-state index is 12.0. The van der Waals surface area contributed by atoms with Gasteiger partial charge in [0.05, 0.1) is 11.0 Å². The van der Waals surface area contributed by atoms with Gasteiger partial charge < -0.3 is 0 Å². The minimum atomic E-state index is -0.0492. The molecule has 0 atom stereocenters. The molecule has 2 heterocycles. The van der Waals surface area contributed by atoms with E-state index in [1.165, 1.54) is 11.3 Å². The van der Waals surface area contributed by atoms with E-state index < -0.39 is 0 Å². The van der Waals surface area contributed by atoms with E-state index in [9.17, 15) is 4.79 Å². The molecule has 5 heteroatoms. The van der Waals surface area contributed by atoms with Crippen LogP contribution in [0, 0.1) is 13.8 Å². The monoisotopic (exact) mass is 257 g/mol. The van der Waals surface area contributed by atoms with Crippen LogP contribution < -0.4 is 4.74 Å². The first-order valence-corrected chi connectivity index (χ1v) is 6.45. The molecule has 0 aliphatic carbocycles. The fourth-order valence-corrected chi connectivity index (χ4v) is 2.56. The molecule has 2 aromatic heterocycles. The van der Waals surface area contributed by atoms with Crippen molar-refractivity contribution in [3.8, 4) is 5.82 Å². The molecule has 4 nitrogen and oxygen atoms in total. The Morgan fingerprint density at radius 2 is 1.94 bits per heavy atom. The van der Waals surface area contributed by atoms with Gasteiger partial charge >= 0.3 is 0 Å². The van der Waals surface area contributed by atoms with Crippen LogP contribution >= 0.6 is 11.3 Å². The van der Waals surface area contributed by atoms with Gasteiger partial charge in [-0.3, -0.25) is 9.36 Å². The lowest BCUT2D eigenvalue weighted by Gasteiger charge is -2.04. The summed E-state index contributed by atoms with van der Waals surface area (Å²) in [5, 5.41) is 1.76. The summed E-state index contributed by atoms with van der Waals surface area (Å²) < 4.78 is 1.77. The van der Waals surface area contributed by atoms with Crippen molar-refractivity contribution < 1.29 is 0 Å². The molecule has 0 unspecified atom stereocenters. The molecular weight excluding hydrogens is 246 g/mol. The highest BCUT2D eigenvalue weighted by molar-refractivity contribution is 7.07. The van der Waals surface area contributed by atoms with Gasteiger partial charge in [-0.2, -0.15) is 0 Å². The highest BCUT2D eigenvalue weighted by Gasteiger charge is 2.12. The molecule has 0 saturated carbocycles. The standard InChI is InChI=1S/C13H11N3OS/c1-8-7-18-13(17)12(14-8)16-9(2)15-10-5-3-4-6-11(10)16/h3-7H,1-2H3. The zero-order chi connectivity index (χ0) is 12.7. The van der Waals surface area contributed by atoms with E-state index in [0.29, 0.717) is 5.82 Å².